The predicted molar refractivity (Wildman–Crippen MR) is 56.3 cm³/mol. The SMILES string of the molecule is CC(C)CN1CCC(C)(C(=O)O)CC1. The van der Waals surface area contributed by atoms with Crippen LogP contribution in [0, 0.1) is 11.3 Å². The molecule has 0 spiro atoms. The van der Waals surface area contributed by atoms with E-state index in [1.807, 2.05) is 6.92 Å². The third-order valence-electron chi connectivity index (χ3n) is 3.10. The van der Waals surface area contributed by atoms with Crippen molar-refractivity contribution >= 4 is 5.97 Å². The van der Waals surface area contributed by atoms with E-state index in [4.69, 9.17) is 5.11 Å². The van der Waals surface area contributed by atoms with Crippen LogP contribution < -0.4 is 0 Å². The smallest absolute Gasteiger partial charge is 0.309 e. The van der Waals surface area contributed by atoms with Gasteiger partial charge in [-0.3, -0.25) is 4.79 Å². The van der Waals surface area contributed by atoms with Crippen molar-refractivity contribution in [2.75, 3.05) is 19.6 Å². The van der Waals surface area contributed by atoms with Gasteiger partial charge in [0.25, 0.3) is 0 Å². The number of nitrogens with zero attached hydrogens (tertiary/aromatic N) is 1. The zero-order chi connectivity index (χ0) is 10.8. The maximum Gasteiger partial charge on any atom is 0.309 e. The molecule has 1 saturated heterocycles. The molecule has 1 aliphatic rings. The number of hydrogen-bond acceptors (Lipinski definition) is 2. The summed E-state index contributed by atoms with van der Waals surface area (Å²) >= 11 is 0. The van der Waals surface area contributed by atoms with Gasteiger partial charge in [0.15, 0.2) is 0 Å². The van der Waals surface area contributed by atoms with Gasteiger partial charge in [0.1, 0.15) is 0 Å². The van der Waals surface area contributed by atoms with Crippen LogP contribution in [-0.4, -0.2) is 35.6 Å². The largest absolute Gasteiger partial charge is 0.481 e. The Hall–Kier alpha value is -0.570. The monoisotopic (exact) mass is 199 g/mol. The van der Waals surface area contributed by atoms with Crippen molar-refractivity contribution in [3.8, 4) is 0 Å². The molecule has 0 amide bonds. The number of piperidine rings is 1. The summed E-state index contributed by atoms with van der Waals surface area (Å²) < 4.78 is 0. The normalized spacial score (nSPS) is 22.6. The molecular formula is C11H21NO2. The molecule has 0 aliphatic carbocycles. The summed E-state index contributed by atoms with van der Waals surface area (Å²) in [5.41, 5.74) is -0.479. The fourth-order valence-corrected chi connectivity index (χ4v) is 1.96. The van der Waals surface area contributed by atoms with Crippen molar-refractivity contribution in [3.63, 3.8) is 0 Å². The van der Waals surface area contributed by atoms with E-state index >= 15 is 0 Å². The Labute approximate surface area is 86.1 Å². The highest BCUT2D eigenvalue weighted by Gasteiger charge is 2.36. The first-order valence-electron chi connectivity index (χ1n) is 5.40. The molecule has 0 aromatic heterocycles. The lowest BCUT2D eigenvalue weighted by Crippen LogP contribution is -2.43. The highest BCUT2D eigenvalue weighted by atomic mass is 16.4. The molecule has 0 atom stereocenters. The average molecular weight is 199 g/mol. The predicted octanol–water partition coefficient (Wildman–Crippen LogP) is 1.83. The standard InChI is InChI=1S/C11H21NO2/c1-9(2)8-12-6-4-11(3,5-7-12)10(13)14/h9H,4-8H2,1-3H3,(H,13,14). The minimum absolute atomic E-state index is 0.479. The third-order valence-corrected chi connectivity index (χ3v) is 3.10. The highest BCUT2D eigenvalue weighted by molar-refractivity contribution is 5.74. The quantitative estimate of drug-likeness (QED) is 0.754. The third kappa shape index (κ3) is 2.71. The molecule has 3 nitrogen and oxygen atoms in total. The Morgan fingerprint density at radius 1 is 1.43 bits per heavy atom. The van der Waals surface area contributed by atoms with Gasteiger partial charge in [-0.1, -0.05) is 13.8 Å². The van der Waals surface area contributed by atoms with Gasteiger partial charge in [-0.2, -0.15) is 0 Å². The second kappa shape index (κ2) is 4.30. The maximum absolute atomic E-state index is 11.0. The molecule has 82 valence electrons. The van der Waals surface area contributed by atoms with Crippen LogP contribution in [0.5, 0.6) is 0 Å². The van der Waals surface area contributed by atoms with Gasteiger partial charge in [-0.05, 0) is 38.8 Å². The van der Waals surface area contributed by atoms with Crippen LogP contribution in [0.25, 0.3) is 0 Å². The van der Waals surface area contributed by atoms with Gasteiger partial charge in [0, 0.05) is 6.54 Å². The Morgan fingerprint density at radius 3 is 2.29 bits per heavy atom. The molecule has 0 unspecified atom stereocenters. The van der Waals surface area contributed by atoms with Crippen LogP contribution in [0.3, 0.4) is 0 Å². The van der Waals surface area contributed by atoms with Gasteiger partial charge in [-0.25, -0.2) is 0 Å². The zero-order valence-electron chi connectivity index (χ0n) is 9.42. The summed E-state index contributed by atoms with van der Waals surface area (Å²) in [5, 5.41) is 9.05. The van der Waals surface area contributed by atoms with Crippen LogP contribution in [0.2, 0.25) is 0 Å². The van der Waals surface area contributed by atoms with E-state index in [0.717, 1.165) is 32.5 Å². The van der Waals surface area contributed by atoms with E-state index in [0.29, 0.717) is 5.92 Å². The number of aliphatic carboxylic acids is 1. The number of carboxylic acid groups (broad SMARTS) is 1. The molecule has 0 saturated carbocycles. The Kier molecular flexibility index (Phi) is 3.53. The minimum atomic E-state index is -0.637. The lowest BCUT2D eigenvalue weighted by Gasteiger charge is -2.37. The first-order chi connectivity index (χ1) is 6.44. The van der Waals surface area contributed by atoms with Gasteiger partial charge >= 0.3 is 5.97 Å². The second-order valence-electron chi connectivity index (χ2n) is 5.06. The van der Waals surface area contributed by atoms with Crippen molar-refractivity contribution in [1.82, 2.24) is 4.90 Å². The van der Waals surface area contributed by atoms with Crippen molar-refractivity contribution < 1.29 is 9.90 Å². The van der Waals surface area contributed by atoms with E-state index in [2.05, 4.69) is 18.7 Å². The molecule has 0 aromatic carbocycles. The second-order valence-corrected chi connectivity index (χ2v) is 5.06. The van der Waals surface area contributed by atoms with Gasteiger partial charge in [-0.15, -0.1) is 0 Å². The maximum atomic E-state index is 11.0. The Balaban J connectivity index is 2.42. The lowest BCUT2D eigenvalue weighted by molar-refractivity contribution is -0.150. The summed E-state index contributed by atoms with van der Waals surface area (Å²) in [7, 11) is 0. The first kappa shape index (κ1) is 11.5. The molecule has 1 aliphatic heterocycles. The van der Waals surface area contributed by atoms with Gasteiger partial charge in [0.05, 0.1) is 5.41 Å². The topological polar surface area (TPSA) is 40.5 Å². The van der Waals surface area contributed by atoms with Crippen LogP contribution in [-0.2, 0) is 4.79 Å². The van der Waals surface area contributed by atoms with Gasteiger partial charge in [0.2, 0.25) is 0 Å². The molecule has 0 bridgehead atoms. The Morgan fingerprint density at radius 2 is 1.93 bits per heavy atom. The van der Waals surface area contributed by atoms with E-state index in [-0.39, 0.29) is 0 Å². The highest BCUT2D eigenvalue weighted by Crippen LogP contribution is 2.31. The summed E-state index contributed by atoms with van der Waals surface area (Å²) in [6, 6.07) is 0. The molecule has 1 fully saturated rings. The molecule has 0 aromatic rings. The summed E-state index contributed by atoms with van der Waals surface area (Å²) in [6.07, 6.45) is 1.57. The zero-order valence-corrected chi connectivity index (χ0v) is 9.42. The van der Waals surface area contributed by atoms with Crippen LogP contribution in [0.4, 0.5) is 0 Å². The summed E-state index contributed by atoms with van der Waals surface area (Å²) in [5.74, 6) is 0.0332. The average Bonchev–Trinajstić information content (AvgIpc) is 2.08. The number of carboxylic acids is 1. The number of likely N-dealkylation sites (tertiary alicyclic amines) is 1. The van der Waals surface area contributed by atoms with Crippen LogP contribution >= 0.6 is 0 Å². The summed E-state index contributed by atoms with van der Waals surface area (Å²) in [6.45, 7) is 9.22. The van der Waals surface area contributed by atoms with Crippen molar-refractivity contribution in [3.05, 3.63) is 0 Å². The molecule has 3 heteroatoms. The van der Waals surface area contributed by atoms with Crippen LogP contribution in [0.1, 0.15) is 33.6 Å². The van der Waals surface area contributed by atoms with Crippen molar-refractivity contribution in [2.24, 2.45) is 11.3 Å². The molecule has 14 heavy (non-hydrogen) atoms. The van der Waals surface area contributed by atoms with E-state index in [9.17, 15) is 4.79 Å². The molecule has 0 radical (unpaired) electrons. The first-order valence-corrected chi connectivity index (χ1v) is 5.40. The molecule has 1 N–H and O–H groups in total. The number of rotatable bonds is 3. The Bertz CT molecular complexity index is 205. The fraction of sp³-hybridized carbons (Fsp3) is 0.909. The van der Waals surface area contributed by atoms with Crippen molar-refractivity contribution in [1.29, 1.82) is 0 Å². The van der Waals surface area contributed by atoms with Crippen LogP contribution in [0.15, 0.2) is 0 Å². The fourth-order valence-electron chi connectivity index (χ4n) is 1.96. The van der Waals surface area contributed by atoms with Gasteiger partial charge < -0.3 is 10.0 Å². The van der Waals surface area contributed by atoms with Crippen molar-refractivity contribution in [2.45, 2.75) is 33.6 Å². The molecule has 1 heterocycles. The van der Waals surface area contributed by atoms with E-state index in [1.54, 1.807) is 0 Å². The number of hydrogen-bond donors (Lipinski definition) is 1. The summed E-state index contributed by atoms with van der Waals surface area (Å²) in [4.78, 5) is 13.4. The van der Waals surface area contributed by atoms with E-state index in [1.165, 1.54) is 0 Å². The molecule has 1 rings (SSSR count). The minimum Gasteiger partial charge on any atom is -0.481 e. The lowest BCUT2D eigenvalue weighted by atomic mass is 9.80. The number of carbonyl (C=O) groups is 1. The van der Waals surface area contributed by atoms with E-state index < -0.39 is 11.4 Å². The molecular weight excluding hydrogens is 178 g/mol.